The maximum absolute atomic E-state index is 12.7. The summed E-state index contributed by atoms with van der Waals surface area (Å²) in [5.41, 5.74) is 0.725. The summed E-state index contributed by atoms with van der Waals surface area (Å²) in [6.45, 7) is 0.00891. The normalized spacial score (nSPS) is 12.9. The van der Waals surface area contributed by atoms with E-state index >= 15 is 0 Å². The molecule has 4 amide bonds. The first kappa shape index (κ1) is 27.4. The van der Waals surface area contributed by atoms with E-state index in [-0.39, 0.29) is 39.1 Å². The highest BCUT2D eigenvalue weighted by atomic mass is 79.9. The number of halogens is 2. The minimum atomic E-state index is -1.08. The van der Waals surface area contributed by atoms with Gasteiger partial charge < -0.3 is 19.7 Å². The first-order valence-electron chi connectivity index (χ1n) is 11.2. The topological polar surface area (TPSA) is 146 Å². The molecule has 0 radical (unpaired) electrons. The van der Waals surface area contributed by atoms with E-state index in [1.807, 2.05) is 18.2 Å². The Labute approximate surface area is 235 Å². The number of benzene rings is 2. The van der Waals surface area contributed by atoms with E-state index in [0.717, 1.165) is 21.6 Å². The Morgan fingerprint density at radius 3 is 2.51 bits per heavy atom. The van der Waals surface area contributed by atoms with E-state index in [0.29, 0.717) is 0 Å². The van der Waals surface area contributed by atoms with Crippen molar-refractivity contribution in [3.63, 3.8) is 0 Å². The fourth-order valence-corrected chi connectivity index (χ4v) is 3.75. The predicted octanol–water partition coefficient (Wildman–Crippen LogP) is 4.59. The smallest absolute Gasteiger partial charge is 0.418 e. The summed E-state index contributed by atoms with van der Waals surface area (Å²) < 4.78 is 10.6. The lowest BCUT2D eigenvalue weighted by molar-refractivity contribution is -0.123. The van der Waals surface area contributed by atoms with Crippen molar-refractivity contribution >= 4 is 57.3 Å². The summed E-state index contributed by atoms with van der Waals surface area (Å²) in [4.78, 5) is 52.6. The lowest BCUT2D eigenvalue weighted by Crippen LogP contribution is -2.35. The molecule has 0 atom stereocenters. The Morgan fingerprint density at radius 2 is 1.77 bits per heavy atom. The van der Waals surface area contributed by atoms with Gasteiger partial charge in [-0.2, -0.15) is 0 Å². The Hall–Kier alpha value is -4.62. The van der Waals surface area contributed by atoms with Crippen LogP contribution in [0.25, 0.3) is 0 Å². The number of aromatic amines is 1. The summed E-state index contributed by atoms with van der Waals surface area (Å²) in [5, 5.41) is 11.5. The van der Waals surface area contributed by atoms with Crippen molar-refractivity contribution in [2.24, 2.45) is 0 Å². The Balaban J connectivity index is 1.41. The average Bonchev–Trinajstić information content (AvgIpc) is 3.19. The molecule has 14 heteroatoms. The van der Waals surface area contributed by atoms with E-state index in [4.69, 9.17) is 21.1 Å². The molecule has 1 aromatic heterocycles. The molecule has 4 rings (SSSR count). The van der Waals surface area contributed by atoms with Crippen LogP contribution in [0.15, 0.2) is 83.4 Å². The number of amides is 4. The second kappa shape index (κ2) is 12.3. The van der Waals surface area contributed by atoms with Crippen LogP contribution in [-0.2, 0) is 16.1 Å². The molecule has 3 aromatic rings. The third-order valence-corrected chi connectivity index (χ3v) is 6.21. The third kappa shape index (κ3) is 6.83. The maximum Gasteiger partial charge on any atom is 0.418 e. The van der Waals surface area contributed by atoms with E-state index in [1.54, 1.807) is 30.3 Å². The number of hydrogen-bond donors (Lipinski definition) is 3. The number of H-pyrrole nitrogens is 1. The van der Waals surface area contributed by atoms with Crippen LogP contribution in [0.3, 0.4) is 0 Å². The highest BCUT2D eigenvalue weighted by Gasteiger charge is 2.25. The molecule has 39 heavy (non-hydrogen) atoms. The van der Waals surface area contributed by atoms with Crippen molar-refractivity contribution in [3.05, 3.63) is 99.5 Å². The molecule has 0 saturated heterocycles. The number of likely N-dealkylation sites (N-methyl/N-ethyl adjacent to an activating group) is 1. The van der Waals surface area contributed by atoms with E-state index in [9.17, 15) is 19.2 Å². The number of nitrogens with zero attached hydrogens (tertiary/aromatic N) is 3. The lowest BCUT2D eigenvalue weighted by Gasteiger charge is -2.14. The van der Waals surface area contributed by atoms with Gasteiger partial charge in [-0.15, -0.1) is 5.10 Å². The highest BCUT2D eigenvalue weighted by molar-refractivity contribution is 9.10. The molecule has 0 fully saturated rings. The zero-order valence-corrected chi connectivity index (χ0v) is 22.5. The number of hydrogen-bond acceptors (Lipinski definition) is 7. The summed E-state index contributed by atoms with van der Waals surface area (Å²) >= 11 is 9.26. The summed E-state index contributed by atoms with van der Waals surface area (Å²) in [5.74, 6) is -1.28. The van der Waals surface area contributed by atoms with Crippen LogP contribution >= 0.6 is 27.5 Å². The molecule has 0 spiro atoms. The van der Waals surface area contributed by atoms with E-state index < -0.39 is 24.0 Å². The van der Waals surface area contributed by atoms with Crippen LogP contribution in [-0.4, -0.2) is 51.0 Å². The summed E-state index contributed by atoms with van der Waals surface area (Å²) in [7, 11) is 1.44. The number of nitrogens with one attached hydrogen (secondary N) is 3. The molecule has 1 aliphatic rings. The number of carbonyl (C=O) groups is 4. The highest BCUT2D eigenvalue weighted by Crippen LogP contribution is 2.30. The quantitative estimate of drug-likeness (QED) is 0.368. The van der Waals surface area contributed by atoms with Crippen molar-refractivity contribution in [2.45, 2.75) is 6.61 Å². The molecule has 1 aliphatic heterocycles. The molecule has 12 nitrogen and oxygen atoms in total. The van der Waals surface area contributed by atoms with Gasteiger partial charge in [0.2, 0.25) is 0 Å². The standard InChI is InChI=1S/C25H20BrClN6O6/c1-32-11-12-33(25(37)38-14-15-7-3-2-4-8-15)13-18(23(32)35)28-24(36)39-22-19(26)20(30-31-22)29-21(34)16-9-5-6-10-17(16)27/h2-13H,14H2,1H3,(H,28,36)(H2,29,30,31,34). The fourth-order valence-electron chi connectivity index (χ4n) is 3.17. The van der Waals surface area contributed by atoms with E-state index in [1.165, 1.54) is 25.5 Å². The maximum atomic E-state index is 12.7. The molecule has 3 N–H and O–H groups in total. The van der Waals surface area contributed by atoms with Crippen LogP contribution < -0.4 is 15.4 Å². The van der Waals surface area contributed by atoms with Crippen LogP contribution in [0.4, 0.5) is 15.4 Å². The first-order valence-corrected chi connectivity index (χ1v) is 12.3. The van der Waals surface area contributed by atoms with Gasteiger partial charge in [-0.3, -0.25) is 24.9 Å². The predicted molar refractivity (Wildman–Crippen MR) is 143 cm³/mol. The van der Waals surface area contributed by atoms with Crippen molar-refractivity contribution in [2.75, 3.05) is 12.4 Å². The first-order chi connectivity index (χ1) is 18.7. The number of rotatable bonds is 6. The minimum Gasteiger partial charge on any atom is -0.444 e. The molecule has 0 unspecified atom stereocenters. The molecule has 2 heterocycles. The lowest BCUT2D eigenvalue weighted by atomic mass is 10.2. The zero-order chi connectivity index (χ0) is 27.9. The summed E-state index contributed by atoms with van der Waals surface area (Å²) in [6.07, 6.45) is 1.88. The van der Waals surface area contributed by atoms with Crippen LogP contribution in [0, 0.1) is 0 Å². The van der Waals surface area contributed by atoms with Gasteiger partial charge in [-0.25, -0.2) is 9.59 Å². The van der Waals surface area contributed by atoms with Gasteiger partial charge in [0.05, 0.1) is 10.6 Å². The molecule has 200 valence electrons. The van der Waals surface area contributed by atoms with Crippen molar-refractivity contribution in [3.8, 4) is 5.88 Å². The Kier molecular flexibility index (Phi) is 8.63. The second-order valence-electron chi connectivity index (χ2n) is 7.87. The Bertz CT molecular complexity index is 1470. The van der Waals surface area contributed by atoms with Gasteiger partial charge in [0.1, 0.15) is 22.6 Å². The molecular weight excluding hydrogens is 596 g/mol. The molecule has 0 bridgehead atoms. The molecule has 0 aliphatic carbocycles. The number of ether oxygens (including phenoxy) is 2. The van der Waals surface area contributed by atoms with Gasteiger partial charge in [-0.05, 0) is 33.6 Å². The average molecular weight is 616 g/mol. The number of aromatic nitrogens is 2. The molecule has 0 saturated carbocycles. The minimum absolute atomic E-state index is 0.00891. The van der Waals surface area contributed by atoms with E-state index in [2.05, 4.69) is 36.8 Å². The van der Waals surface area contributed by atoms with Gasteiger partial charge in [0.25, 0.3) is 17.7 Å². The monoisotopic (exact) mass is 614 g/mol. The van der Waals surface area contributed by atoms with Crippen LogP contribution in [0.5, 0.6) is 5.88 Å². The number of anilines is 1. The molecular formula is C25H20BrClN6O6. The molecule has 2 aromatic carbocycles. The summed E-state index contributed by atoms with van der Waals surface area (Å²) in [6, 6.07) is 15.5. The van der Waals surface area contributed by atoms with Gasteiger partial charge in [0, 0.05) is 25.6 Å². The van der Waals surface area contributed by atoms with Crippen LogP contribution in [0.2, 0.25) is 5.02 Å². The third-order valence-electron chi connectivity index (χ3n) is 5.15. The Morgan fingerprint density at radius 1 is 1.05 bits per heavy atom. The van der Waals surface area contributed by atoms with Gasteiger partial charge in [0.15, 0.2) is 0 Å². The second-order valence-corrected chi connectivity index (χ2v) is 9.07. The van der Waals surface area contributed by atoms with Crippen molar-refractivity contribution < 1.29 is 28.7 Å². The number of carbonyl (C=O) groups excluding carboxylic acids is 4. The van der Waals surface area contributed by atoms with Crippen molar-refractivity contribution in [1.29, 1.82) is 0 Å². The zero-order valence-electron chi connectivity index (χ0n) is 20.2. The SMILES string of the molecule is CN1C=CN(C(=O)OCc2ccccc2)C=C(NC(=O)Oc2n[nH]c(NC(=O)c3ccccc3Cl)c2Br)C1=O. The van der Waals surface area contributed by atoms with Gasteiger partial charge in [-0.1, -0.05) is 54.1 Å². The van der Waals surface area contributed by atoms with Crippen molar-refractivity contribution in [1.82, 2.24) is 25.3 Å². The fraction of sp³-hybridized carbons (Fsp3) is 0.0800. The largest absolute Gasteiger partial charge is 0.444 e. The van der Waals surface area contributed by atoms with Crippen LogP contribution in [0.1, 0.15) is 15.9 Å². The van der Waals surface area contributed by atoms with Gasteiger partial charge >= 0.3 is 12.2 Å².